The molecule has 1 aromatic carbocycles. The van der Waals surface area contributed by atoms with E-state index in [-0.39, 0.29) is 28.7 Å². The minimum absolute atomic E-state index is 0.185. The van der Waals surface area contributed by atoms with Gasteiger partial charge in [0, 0.05) is 18.7 Å². The molecule has 0 amide bonds. The van der Waals surface area contributed by atoms with E-state index < -0.39 is 23.1 Å². The van der Waals surface area contributed by atoms with Crippen molar-refractivity contribution in [1.82, 2.24) is 9.97 Å². The summed E-state index contributed by atoms with van der Waals surface area (Å²) in [5.41, 5.74) is -0.0925. The van der Waals surface area contributed by atoms with E-state index in [0.717, 1.165) is 25.7 Å². The summed E-state index contributed by atoms with van der Waals surface area (Å²) in [7, 11) is 0. The van der Waals surface area contributed by atoms with Crippen LogP contribution >= 0.6 is 0 Å². The Hall–Kier alpha value is -3.56. The Morgan fingerprint density at radius 3 is 2.48 bits per heavy atom. The van der Waals surface area contributed by atoms with Gasteiger partial charge in [0.2, 0.25) is 5.82 Å². The Bertz CT molecular complexity index is 955. The minimum Gasteiger partial charge on any atom is -0.481 e. The summed E-state index contributed by atoms with van der Waals surface area (Å²) in [6.45, 7) is 3.52. The van der Waals surface area contributed by atoms with Crippen molar-refractivity contribution in [2.24, 2.45) is 5.92 Å². The number of carbonyl (C=O) groups is 2. The fourth-order valence-corrected chi connectivity index (χ4v) is 3.72. The molecule has 10 nitrogen and oxygen atoms in total. The highest BCUT2D eigenvalue weighted by Gasteiger charge is 2.31. The molecule has 1 N–H and O–H groups in total. The van der Waals surface area contributed by atoms with Crippen LogP contribution in [0.1, 0.15) is 49.4 Å². The Morgan fingerprint density at radius 2 is 1.90 bits per heavy atom. The van der Waals surface area contributed by atoms with Crippen molar-refractivity contribution in [2.45, 2.75) is 39.0 Å². The van der Waals surface area contributed by atoms with Crippen LogP contribution in [-0.2, 0) is 4.79 Å². The van der Waals surface area contributed by atoms with Crippen molar-refractivity contribution in [3.8, 4) is 11.6 Å². The summed E-state index contributed by atoms with van der Waals surface area (Å²) in [6.07, 6.45) is 4.81. The van der Waals surface area contributed by atoms with E-state index in [2.05, 4.69) is 16.9 Å². The molecule has 1 fully saturated rings. The maximum atomic E-state index is 11.8. The molecule has 1 aliphatic rings. The van der Waals surface area contributed by atoms with Gasteiger partial charge in [0.05, 0.1) is 4.92 Å². The number of benzene rings is 1. The van der Waals surface area contributed by atoms with Crippen LogP contribution in [0.2, 0.25) is 0 Å². The first-order chi connectivity index (χ1) is 14.9. The number of rotatable bonds is 9. The van der Waals surface area contributed by atoms with Crippen LogP contribution in [0.3, 0.4) is 0 Å². The monoisotopic (exact) mass is 428 g/mol. The molecule has 31 heavy (non-hydrogen) atoms. The second-order valence-electron chi connectivity index (χ2n) is 7.45. The first kappa shape index (κ1) is 22.1. The Balaban J connectivity index is 1.79. The number of ether oxygens (including phenoxy) is 1. The molecule has 2 aromatic rings. The van der Waals surface area contributed by atoms with E-state index in [9.17, 15) is 19.7 Å². The van der Waals surface area contributed by atoms with Gasteiger partial charge < -0.3 is 14.7 Å². The summed E-state index contributed by atoms with van der Waals surface area (Å²) >= 11 is 0. The van der Waals surface area contributed by atoms with Crippen molar-refractivity contribution in [3.05, 3.63) is 46.3 Å². The lowest BCUT2D eigenvalue weighted by Crippen LogP contribution is -2.34. The van der Waals surface area contributed by atoms with E-state index in [4.69, 9.17) is 9.84 Å². The molecule has 3 rings (SSSR count). The fraction of sp³-hybridized carbons (Fsp3) is 0.429. The molecular weight excluding hydrogens is 404 g/mol. The number of nitro groups is 1. The molecule has 164 valence electrons. The second kappa shape index (κ2) is 9.96. The number of hydrogen-bond acceptors (Lipinski definition) is 8. The number of carbonyl (C=O) groups excluding carboxylic acids is 1. The molecule has 0 saturated carbocycles. The number of aliphatic carboxylic acids is 1. The third kappa shape index (κ3) is 5.53. The van der Waals surface area contributed by atoms with E-state index in [1.807, 2.05) is 4.90 Å². The molecule has 1 aliphatic heterocycles. The number of ketones is 1. The lowest BCUT2D eigenvalue weighted by molar-refractivity contribution is -0.385. The van der Waals surface area contributed by atoms with Gasteiger partial charge in [-0.3, -0.25) is 19.7 Å². The van der Waals surface area contributed by atoms with Gasteiger partial charge in [0.25, 0.3) is 0 Å². The van der Waals surface area contributed by atoms with Crippen LogP contribution in [0.15, 0.2) is 30.6 Å². The topological polar surface area (TPSA) is 136 Å². The molecule has 0 atom stereocenters. The largest absolute Gasteiger partial charge is 0.481 e. The molecule has 0 radical (unpaired) electrons. The lowest BCUT2D eigenvalue weighted by atomic mass is 9.92. The van der Waals surface area contributed by atoms with Gasteiger partial charge in [-0.15, -0.1) is 0 Å². The zero-order valence-corrected chi connectivity index (χ0v) is 17.2. The predicted molar refractivity (Wildman–Crippen MR) is 112 cm³/mol. The second-order valence-corrected chi connectivity index (χ2v) is 7.45. The average molecular weight is 428 g/mol. The van der Waals surface area contributed by atoms with E-state index in [0.29, 0.717) is 19.0 Å². The number of piperidine rings is 1. The smallest absolute Gasteiger partial charge is 0.373 e. The zero-order valence-electron chi connectivity index (χ0n) is 17.2. The highest BCUT2D eigenvalue weighted by Crippen LogP contribution is 2.37. The van der Waals surface area contributed by atoms with Crippen molar-refractivity contribution in [2.75, 3.05) is 18.0 Å². The molecule has 0 unspecified atom stereocenters. The van der Waals surface area contributed by atoms with Crippen molar-refractivity contribution < 1.29 is 24.4 Å². The number of carboxylic acid groups (broad SMARTS) is 1. The van der Waals surface area contributed by atoms with Gasteiger partial charge in [0.1, 0.15) is 18.5 Å². The highest BCUT2D eigenvalue weighted by molar-refractivity contribution is 6.05. The van der Waals surface area contributed by atoms with Gasteiger partial charge >= 0.3 is 17.5 Å². The van der Waals surface area contributed by atoms with Gasteiger partial charge in [0.15, 0.2) is 5.78 Å². The molecule has 1 aromatic heterocycles. The summed E-state index contributed by atoms with van der Waals surface area (Å²) in [5, 5.41) is 20.5. The molecule has 2 heterocycles. The van der Waals surface area contributed by atoms with Crippen LogP contribution in [0, 0.1) is 16.0 Å². The standard InChI is InChI=1S/C21H24N4O6/c1-2-3-14-8-10-24(11-9-14)20-19(25(29)30)21(23-13-22-20)31-16-6-4-15(5-7-16)17(26)12-18(27)28/h4-7,13-14H,2-3,8-12H2,1H3,(H,27,28). The van der Waals surface area contributed by atoms with Crippen LogP contribution in [-0.4, -0.2) is 44.8 Å². The van der Waals surface area contributed by atoms with Gasteiger partial charge in [-0.1, -0.05) is 19.8 Å². The summed E-state index contributed by atoms with van der Waals surface area (Å²) in [5.74, 6) is -0.844. The van der Waals surface area contributed by atoms with Crippen LogP contribution in [0.25, 0.3) is 0 Å². The van der Waals surface area contributed by atoms with Crippen LogP contribution in [0.4, 0.5) is 11.5 Å². The summed E-state index contributed by atoms with van der Waals surface area (Å²) < 4.78 is 5.63. The number of anilines is 1. The maximum Gasteiger partial charge on any atom is 0.373 e. The molecule has 10 heteroatoms. The molecule has 0 bridgehead atoms. The third-order valence-corrected chi connectivity index (χ3v) is 5.27. The Labute approximate surface area is 179 Å². The maximum absolute atomic E-state index is 11.8. The van der Waals surface area contributed by atoms with Gasteiger partial charge in [-0.25, -0.2) is 4.98 Å². The van der Waals surface area contributed by atoms with Gasteiger partial charge in [-0.05, 0) is 43.0 Å². The molecule has 0 spiro atoms. The number of Topliss-reactive ketones (excluding diaryl/α,β-unsaturated/α-hetero) is 1. The first-order valence-electron chi connectivity index (χ1n) is 10.2. The van der Waals surface area contributed by atoms with Crippen molar-refractivity contribution >= 4 is 23.3 Å². The number of hydrogen-bond donors (Lipinski definition) is 1. The SMILES string of the molecule is CCCC1CCN(c2ncnc(Oc3ccc(C(=O)CC(=O)O)cc3)c2[N+](=O)[O-])CC1. The molecule has 1 saturated heterocycles. The minimum atomic E-state index is -1.21. The predicted octanol–water partition coefficient (Wildman–Crippen LogP) is 3.85. The Morgan fingerprint density at radius 1 is 1.23 bits per heavy atom. The normalized spacial score (nSPS) is 14.3. The number of aromatic nitrogens is 2. The lowest BCUT2D eigenvalue weighted by Gasteiger charge is -2.32. The number of nitrogens with zero attached hydrogens (tertiary/aromatic N) is 4. The average Bonchev–Trinajstić information content (AvgIpc) is 2.74. The van der Waals surface area contributed by atoms with E-state index >= 15 is 0 Å². The van der Waals surface area contributed by atoms with E-state index in [1.54, 1.807) is 0 Å². The fourth-order valence-electron chi connectivity index (χ4n) is 3.72. The summed E-state index contributed by atoms with van der Waals surface area (Å²) in [4.78, 5) is 43.7. The van der Waals surface area contributed by atoms with Crippen molar-refractivity contribution in [1.29, 1.82) is 0 Å². The first-order valence-corrected chi connectivity index (χ1v) is 10.2. The molecular formula is C21H24N4O6. The molecule has 0 aliphatic carbocycles. The quantitative estimate of drug-likeness (QED) is 0.273. The highest BCUT2D eigenvalue weighted by atomic mass is 16.6. The summed E-state index contributed by atoms with van der Waals surface area (Å²) in [6, 6.07) is 5.70. The Kier molecular flexibility index (Phi) is 7.11. The third-order valence-electron chi connectivity index (χ3n) is 5.27. The van der Waals surface area contributed by atoms with Gasteiger partial charge in [-0.2, -0.15) is 4.98 Å². The van der Waals surface area contributed by atoms with E-state index in [1.165, 1.54) is 30.6 Å². The van der Waals surface area contributed by atoms with Crippen LogP contribution < -0.4 is 9.64 Å². The van der Waals surface area contributed by atoms with Crippen LogP contribution in [0.5, 0.6) is 11.6 Å². The van der Waals surface area contributed by atoms with Crippen molar-refractivity contribution in [3.63, 3.8) is 0 Å². The zero-order chi connectivity index (χ0) is 22.4. The number of carboxylic acids is 1.